The summed E-state index contributed by atoms with van der Waals surface area (Å²) in [6.07, 6.45) is 3.43. The van der Waals surface area contributed by atoms with Crippen LogP contribution in [0.1, 0.15) is 43.7 Å². The Bertz CT molecular complexity index is 1130. The van der Waals surface area contributed by atoms with Crippen molar-refractivity contribution in [3.63, 3.8) is 0 Å². The van der Waals surface area contributed by atoms with E-state index in [1.807, 2.05) is 12.1 Å². The van der Waals surface area contributed by atoms with Gasteiger partial charge in [0, 0.05) is 26.6 Å². The van der Waals surface area contributed by atoms with E-state index in [2.05, 4.69) is 23.9 Å². The van der Waals surface area contributed by atoms with Crippen LogP contribution in [-0.4, -0.2) is 46.7 Å². The molecule has 13 heteroatoms. The van der Waals surface area contributed by atoms with Crippen molar-refractivity contribution in [2.24, 2.45) is 12.8 Å². The van der Waals surface area contributed by atoms with E-state index >= 15 is 0 Å². The molecule has 1 saturated heterocycles. The predicted molar refractivity (Wildman–Crippen MR) is 132 cm³/mol. The number of imidazole rings is 1. The molecule has 0 bridgehead atoms. The van der Waals surface area contributed by atoms with Gasteiger partial charge in [-0.2, -0.15) is 12.8 Å². The van der Waals surface area contributed by atoms with Gasteiger partial charge in [-0.05, 0) is 41.8 Å². The number of benzene rings is 1. The molecule has 1 fully saturated rings. The number of aromatic nitrogens is 2. The summed E-state index contributed by atoms with van der Waals surface area (Å²) in [6, 6.07) is 5.08. The first-order valence-electron chi connectivity index (χ1n) is 11.5. The quantitative estimate of drug-likeness (QED) is 0.101. The first kappa shape index (κ1) is 32.1. The van der Waals surface area contributed by atoms with E-state index in [1.54, 1.807) is 13.1 Å². The fraction of sp³-hybridized carbons (Fsp3) is 0.522. The Kier molecular flexibility index (Phi) is 14.3. The van der Waals surface area contributed by atoms with Crippen LogP contribution in [0.2, 0.25) is 0 Å². The third kappa shape index (κ3) is 8.87. The number of nitrogens with one attached hydrogen (secondary N) is 2. The van der Waals surface area contributed by atoms with E-state index in [-0.39, 0.29) is 56.1 Å². The Labute approximate surface area is 225 Å². The average Bonchev–Trinajstić information content (AvgIpc) is 3.08. The van der Waals surface area contributed by atoms with Gasteiger partial charge in [-0.15, -0.1) is 0 Å². The van der Waals surface area contributed by atoms with E-state index in [1.165, 1.54) is 9.13 Å². The van der Waals surface area contributed by atoms with E-state index < -0.39 is 22.8 Å². The SMILES string of the molecule is Cn1c(=O)n(C2CCC(=O)NC2=O)c2cccc(CCCOCCN[S-](=O)=O)c21.[CH2-]CC(N)C[CH2-].[Li+]. The van der Waals surface area contributed by atoms with E-state index in [9.17, 15) is 22.8 Å². The molecule has 2 amide bonds. The van der Waals surface area contributed by atoms with Gasteiger partial charge in [-0.1, -0.05) is 18.2 Å². The first-order chi connectivity index (χ1) is 16.7. The average molecular weight is 516 g/mol. The van der Waals surface area contributed by atoms with Gasteiger partial charge in [0.15, 0.2) is 0 Å². The van der Waals surface area contributed by atoms with Crippen LogP contribution in [0.5, 0.6) is 0 Å². The maximum Gasteiger partial charge on any atom is 1.00 e. The molecule has 1 atom stereocenters. The summed E-state index contributed by atoms with van der Waals surface area (Å²) in [5.74, 6) is -0.779. The number of amides is 2. The summed E-state index contributed by atoms with van der Waals surface area (Å²) in [5.41, 5.74) is 7.42. The summed E-state index contributed by atoms with van der Waals surface area (Å²) in [5, 5.41) is 2.30. The standard InChI is InChI=1S/C18H23N4O6S.C5H11N.Li/c1-21-16-12(5-3-10-28-11-9-19-29(26)27)4-2-6-13(16)22(18(21)25)14-7-8-15(23)20-17(14)24;1-3-5(6)4-2;/h2,4,6,14H,3,5,7-11H2,1H3,(H,19,26,27)(H,20,23,24);5H,1-4,6H2;/q-1;-2;+1. The number of carbonyl (C=O) groups is 2. The van der Waals surface area contributed by atoms with Crippen LogP contribution >= 0.6 is 0 Å². The third-order valence-electron chi connectivity index (χ3n) is 5.65. The van der Waals surface area contributed by atoms with Crippen LogP contribution in [0, 0.1) is 13.8 Å². The second kappa shape index (κ2) is 16.0. The van der Waals surface area contributed by atoms with Crippen LogP contribution in [0.3, 0.4) is 0 Å². The summed E-state index contributed by atoms with van der Waals surface area (Å²) in [6.45, 7) is 8.13. The number of hydrogen-bond acceptors (Lipinski definition) is 8. The van der Waals surface area contributed by atoms with Crippen molar-refractivity contribution in [2.45, 2.75) is 50.6 Å². The summed E-state index contributed by atoms with van der Waals surface area (Å²) < 4.78 is 31.4. The molecule has 0 aliphatic carbocycles. The Morgan fingerprint density at radius 2 is 1.92 bits per heavy atom. The number of ether oxygens (including phenoxy) is 1. The Hall–Kier alpha value is -1.94. The molecule has 1 aromatic heterocycles. The summed E-state index contributed by atoms with van der Waals surface area (Å²) >= 11 is 0. The van der Waals surface area contributed by atoms with Gasteiger partial charge in [0.25, 0.3) is 0 Å². The number of aryl methyl sites for hydroxylation is 2. The zero-order chi connectivity index (χ0) is 26.0. The molecule has 0 saturated carbocycles. The topological polar surface area (TPSA) is 155 Å². The van der Waals surface area contributed by atoms with Gasteiger partial charge in [-0.3, -0.25) is 24.0 Å². The fourth-order valence-corrected chi connectivity index (χ4v) is 4.01. The third-order valence-corrected chi connectivity index (χ3v) is 6.09. The molecule has 3 rings (SSSR count). The Balaban J connectivity index is 0.000000827. The van der Waals surface area contributed by atoms with Gasteiger partial charge >= 0.3 is 24.6 Å². The number of piperidine rings is 1. The molecule has 1 unspecified atom stereocenters. The molecule has 0 spiro atoms. The van der Waals surface area contributed by atoms with Gasteiger partial charge in [0.1, 0.15) is 6.04 Å². The number of imide groups is 1. The molecule has 1 aliphatic rings. The second-order valence-electron chi connectivity index (χ2n) is 8.15. The number of para-hydroxylation sites is 1. The molecule has 1 aliphatic heterocycles. The van der Waals surface area contributed by atoms with Crippen LogP contribution in [0.4, 0.5) is 0 Å². The minimum Gasteiger partial charge on any atom is -0.409 e. The summed E-state index contributed by atoms with van der Waals surface area (Å²) in [7, 11) is -0.621. The number of fused-ring (bicyclic) bond motifs is 1. The Morgan fingerprint density at radius 3 is 2.50 bits per heavy atom. The van der Waals surface area contributed by atoms with Crippen molar-refractivity contribution in [1.29, 1.82) is 0 Å². The van der Waals surface area contributed by atoms with Crippen LogP contribution in [0.25, 0.3) is 11.0 Å². The molecular weight excluding hydrogens is 481 g/mol. The van der Waals surface area contributed by atoms with Crippen molar-refractivity contribution in [2.75, 3.05) is 19.8 Å². The molecule has 2 aromatic rings. The molecular formula is C23H34LiN5O6S-2. The van der Waals surface area contributed by atoms with Gasteiger partial charge in [0.05, 0.1) is 17.6 Å². The van der Waals surface area contributed by atoms with E-state index in [0.717, 1.165) is 23.9 Å². The van der Waals surface area contributed by atoms with Crippen LogP contribution in [0.15, 0.2) is 23.0 Å². The molecule has 0 radical (unpaired) electrons. The maximum atomic E-state index is 12.8. The van der Waals surface area contributed by atoms with Crippen molar-refractivity contribution < 1.29 is 41.6 Å². The number of nitrogens with zero attached hydrogens (tertiary/aromatic N) is 2. The number of hydrogen-bond donors (Lipinski definition) is 3. The predicted octanol–water partition coefficient (Wildman–Crippen LogP) is -2.15. The zero-order valence-electron chi connectivity index (χ0n) is 21.0. The van der Waals surface area contributed by atoms with Crippen molar-refractivity contribution >= 4 is 33.7 Å². The fourth-order valence-electron chi connectivity index (χ4n) is 3.76. The minimum absolute atomic E-state index is 0. The molecule has 4 N–H and O–H groups in total. The first-order valence-corrected chi connectivity index (χ1v) is 12.6. The largest absolute Gasteiger partial charge is 1.00 e. The maximum absolute atomic E-state index is 12.8. The second-order valence-corrected chi connectivity index (χ2v) is 8.90. The minimum atomic E-state index is -2.29. The molecule has 11 nitrogen and oxygen atoms in total. The van der Waals surface area contributed by atoms with Crippen LogP contribution < -0.4 is 40.3 Å². The molecule has 1 aromatic carbocycles. The van der Waals surface area contributed by atoms with E-state index in [4.69, 9.17) is 10.5 Å². The van der Waals surface area contributed by atoms with Crippen molar-refractivity contribution in [3.05, 3.63) is 48.1 Å². The van der Waals surface area contributed by atoms with Gasteiger partial charge < -0.3 is 37.5 Å². The monoisotopic (exact) mass is 515 g/mol. The number of rotatable bonds is 11. The van der Waals surface area contributed by atoms with Crippen LogP contribution in [-0.2, 0) is 47.1 Å². The smallest absolute Gasteiger partial charge is 0.409 e. The molecule has 36 heavy (non-hydrogen) atoms. The molecule has 196 valence electrons. The van der Waals surface area contributed by atoms with Crippen molar-refractivity contribution in [3.8, 4) is 0 Å². The number of carbonyl (C=O) groups excluding carboxylic acids is 2. The normalized spacial score (nSPS) is 15.6. The van der Waals surface area contributed by atoms with Gasteiger partial charge in [0.2, 0.25) is 11.8 Å². The van der Waals surface area contributed by atoms with Crippen molar-refractivity contribution in [1.82, 2.24) is 19.2 Å². The number of nitrogens with two attached hydrogens (primary N) is 1. The zero-order valence-corrected chi connectivity index (χ0v) is 21.8. The Morgan fingerprint density at radius 1 is 1.22 bits per heavy atom. The van der Waals surface area contributed by atoms with Gasteiger partial charge in [-0.25, -0.2) is 4.79 Å². The summed E-state index contributed by atoms with van der Waals surface area (Å²) in [4.78, 5) is 36.6. The van der Waals surface area contributed by atoms with E-state index in [0.29, 0.717) is 31.4 Å². The molecule has 2 heterocycles.